The minimum Gasteiger partial charge on any atom is -0.481 e. The van der Waals surface area contributed by atoms with Crippen molar-refractivity contribution in [1.29, 1.82) is 0 Å². The Morgan fingerprint density at radius 1 is 1.32 bits per heavy atom. The molecule has 2 saturated heterocycles. The Labute approximate surface area is 111 Å². The van der Waals surface area contributed by atoms with E-state index in [1.807, 2.05) is 0 Å². The Kier molecular flexibility index (Phi) is 4.24. The first kappa shape index (κ1) is 13.6. The number of amides is 3. The summed E-state index contributed by atoms with van der Waals surface area (Å²) in [6.45, 7) is 1.38. The molecule has 0 spiro atoms. The fourth-order valence-corrected chi connectivity index (χ4v) is 2.48. The van der Waals surface area contributed by atoms with Crippen molar-refractivity contribution >= 4 is 17.9 Å². The Hall–Kier alpha value is -1.79. The first-order valence-corrected chi connectivity index (χ1v) is 6.61. The summed E-state index contributed by atoms with van der Waals surface area (Å²) in [7, 11) is 0. The Balaban J connectivity index is 1.69. The number of carboxylic acid groups (broad SMARTS) is 1. The van der Waals surface area contributed by atoms with Crippen LogP contribution in [0.2, 0.25) is 0 Å². The van der Waals surface area contributed by atoms with E-state index in [1.165, 1.54) is 0 Å². The van der Waals surface area contributed by atoms with Gasteiger partial charge in [-0.3, -0.25) is 9.59 Å². The molecule has 0 aromatic carbocycles. The van der Waals surface area contributed by atoms with Crippen molar-refractivity contribution in [2.24, 2.45) is 5.92 Å². The van der Waals surface area contributed by atoms with Crippen LogP contribution in [-0.4, -0.2) is 53.6 Å². The molecule has 2 rings (SSSR count). The minimum absolute atomic E-state index is 0.0213. The summed E-state index contributed by atoms with van der Waals surface area (Å²) in [4.78, 5) is 35.3. The standard InChI is InChI=1S/C12H19N3O4/c16-10-2-1-9(14-10)7-13-12(19)15-5-3-8(4-6-15)11(17)18/h8-9H,1-7H2,(H,13,19)(H,14,16)(H,17,18). The smallest absolute Gasteiger partial charge is 0.317 e. The van der Waals surface area contributed by atoms with Gasteiger partial charge in [-0.15, -0.1) is 0 Å². The lowest BCUT2D eigenvalue weighted by Crippen LogP contribution is -2.48. The molecule has 2 aliphatic rings. The van der Waals surface area contributed by atoms with Gasteiger partial charge in [0.25, 0.3) is 0 Å². The maximum Gasteiger partial charge on any atom is 0.317 e. The molecule has 2 fully saturated rings. The molecule has 0 aliphatic carbocycles. The summed E-state index contributed by atoms with van der Waals surface area (Å²) < 4.78 is 0. The maximum atomic E-state index is 11.9. The fourth-order valence-electron chi connectivity index (χ4n) is 2.48. The van der Waals surface area contributed by atoms with Crippen molar-refractivity contribution in [3.05, 3.63) is 0 Å². The summed E-state index contributed by atoms with van der Waals surface area (Å²) >= 11 is 0. The van der Waals surface area contributed by atoms with Crippen LogP contribution in [0.1, 0.15) is 25.7 Å². The van der Waals surface area contributed by atoms with Crippen molar-refractivity contribution in [2.45, 2.75) is 31.7 Å². The summed E-state index contributed by atoms with van der Waals surface area (Å²) in [5, 5.41) is 14.4. The predicted molar refractivity (Wildman–Crippen MR) is 66.5 cm³/mol. The largest absolute Gasteiger partial charge is 0.481 e. The van der Waals surface area contributed by atoms with Gasteiger partial charge in [0.2, 0.25) is 5.91 Å². The Morgan fingerprint density at radius 2 is 2.00 bits per heavy atom. The summed E-state index contributed by atoms with van der Waals surface area (Å²) in [6.07, 6.45) is 2.27. The number of carbonyl (C=O) groups excluding carboxylic acids is 2. The maximum absolute atomic E-state index is 11.9. The number of carboxylic acids is 1. The second kappa shape index (κ2) is 5.90. The average Bonchev–Trinajstić information content (AvgIpc) is 2.82. The number of hydrogen-bond acceptors (Lipinski definition) is 3. The molecule has 106 valence electrons. The monoisotopic (exact) mass is 269 g/mol. The minimum atomic E-state index is -0.784. The van der Waals surface area contributed by atoms with E-state index in [0.29, 0.717) is 38.9 Å². The van der Waals surface area contributed by atoms with Crippen LogP contribution in [0.4, 0.5) is 4.79 Å². The van der Waals surface area contributed by atoms with Gasteiger partial charge in [-0.25, -0.2) is 4.79 Å². The highest BCUT2D eigenvalue weighted by atomic mass is 16.4. The fraction of sp³-hybridized carbons (Fsp3) is 0.750. The van der Waals surface area contributed by atoms with Crippen molar-refractivity contribution in [3.8, 4) is 0 Å². The molecule has 7 heteroatoms. The molecule has 2 heterocycles. The third-order valence-electron chi connectivity index (χ3n) is 3.72. The van der Waals surface area contributed by atoms with E-state index in [0.717, 1.165) is 6.42 Å². The van der Waals surface area contributed by atoms with E-state index in [1.54, 1.807) is 4.90 Å². The van der Waals surface area contributed by atoms with Crippen molar-refractivity contribution in [2.75, 3.05) is 19.6 Å². The zero-order valence-corrected chi connectivity index (χ0v) is 10.7. The summed E-state index contributed by atoms with van der Waals surface area (Å²) in [6, 6.07) is -0.155. The van der Waals surface area contributed by atoms with Crippen LogP contribution in [0.15, 0.2) is 0 Å². The molecule has 0 aromatic heterocycles. The number of nitrogens with one attached hydrogen (secondary N) is 2. The highest BCUT2D eigenvalue weighted by Crippen LogP contribution is 2.17. The number of hydrogen-bond donors (Lipinski definition) is 3. The zero-order valence-electron chi connectivity index (χ0n) is 10.7. The van der Waals surface area contributed by atoms with E-state index in [-0.39, 0.29) is 23.9 Å². The van der Waals surface area contributed by atoms with Gasteiger partial charge in [0, 0.05) is 32.1 Å². The van der Waals surface area contributed by atoms with Gasteiger partial charge in [-0.1, -0.05) is 0 Å². The van der Waals surface area contributed by atoms with Crippen molar-refractivity contribution < 1.29 is 19.5 Å². The lowest BCUT2D eigenvalue weighted by Gasteiger charge is -2.30. The number of rotatable bonds is 3. The molecule has 0 bridgehead atoms. The second-order valence-corrected chi connectivity index (χ2v) is 5.09. The Morgan fingerprint density at radius 3 is 2.53 bits per heavy atom. The van der Waals surface area contributed by atoms with Gasteiger partial charge >= 0.3 is 12.0 Å². The molecule has 0 radical (unpaired) electrons. The van der Waals surface area contributed by atoms with Gasteiger partial charge in [0.1, 0.15) is 0 Å². The summed E-state index contributed by atoms with van der Waals surface area (Å²) in [5.41, 5.74) is 0. The molecule has 19 heavy (non-hydrogen) atoms. The average molecular weight is 269 g/mol. The van der Waals surface area contributed by atoms with Crippen LogP contribution < -0.4 is 10.6 Å². The van der Waals surface area contributed by atoms with Crippen molar-refractivity contribution in [3.63, 3.8) is 0 Å². The van der Waals surface area contributed by atoms with Gasteiger partial charge in [-0.05, 0) is 19.3 Å². The third-order valence-corrected chi connectivity index (χ3v) is 3.72. The predicted octanol–water partition coefficient (Wildman–Crippen LogP) is -0.229. The summed E-state index contributed by atoms with van der Waals surface area (Å²) in [5.74, 6) is -1.09. The molecule has 7 nitrogen and oxygen atoms in total. The van der Waals surface area contributed by atoms with Crippen LogP contribution in [0, 0.1) is 5.92 Å². The Bertz CT molecular complexity index is 377. The van der Waals surface area contributed by atoms with Gasteiger partial charge in [0.15, 0.2) is 0 Å². The first-order valence-electron chi connectivity index (χ1n) is 6.61. The van der Waals surface area contributed by atoms with Crippen molar-refractivity contribution in [1.82, 2.24) is 15.5 Å². The number of likely N-dealkylation sites (tertiary alicyclic amines) is 1. The number of nitrogens with zero attached hydrogens (tertiary/aromatic N) is 1. The third kappa shape index (κ3) is 3.59. The second-order valence-electron chi connectivity index (χ2n) is 5.09. The van der Waals surface area contributed by atoms with Crippen LogP contribution >= 0.6 is 0 Å². The molecule has 0 saturated carbocycles. The number of carbonyl (C=O) groups is 3. The van der Waals surface area contributed by atoms with Gasteiger partial charge in [0.05, 0.1) is 5.92 Å². The van der Waals surface area contributed by atoms with E-state index in [2.05, 4.69) is 10.6 Å². The lowest BCUT2D eigenvalue weighted by atomic mass is 9.97. The quantitative estimate of drug-likeness (QED) is 0.659. The van der Waals surface area contributed by atoms with Crippen LogP contribution in [0.3, 0.4) is 0 Å². The molecule has 0 aromatic rings. The van der Waals surface area contributed by atoms with E-state index >= 15 is 0 Å². The highest BCUT2D eigenvalue weighted by Gasteiger charge is 2.27. The molecule has 3 N–H and O–H groups in total. The first-order chi connectivity index (χ1) is 9.06. The molecular weight excluding hydrogens is 250 g/mol. The SMILES string of the molecule is O=C1CCC(CNC(=O)N2CCC(C(=O)O)CC2)N1. The molecule has 2 aliphatic heterocycles. The number of aliphatic carboxylic acids is 1. The van der Waals surface area contributed by atoms with Gasteiger partial charge in [-0.2, -0.15) is 0 Å². The van der Waals surface area contributed by atoms with Crippen LogP contribution in [0.25, 0.3) is 0 Å². The molecular formula is C12H19N3O4. The zero-order chi connectivity index (χ0) is 13.8. The molecule has 1 atom stereocenters. The van der Waals surface area contributed by atoms with E-state index in [4.69, 9.17) is 5.11 Å². The topological polar surface area (TPSA) is 98.7 Å². The van der Waals surface area contributed by atoms with Crippen LogP contribution in [-0.2, 0) is 9.59 Å². The molecule has 1 unspecified atom stereocenters. The normalized spacial score (nSPS) is 24.1. The highest BCUT2D eigenvalue weighted by molar-refractivity contribution is 5.79. The lowest BCUT2D eigenvalue weighted by molar-refractivity contribution is -0.143. The van der Waals surface area contributed by atoms with Gasteiger partial charge < -0.3 is 20.6 Å². The van der Waals surface area contributed by atoms with Crippen LogP contribution in [0.5, 0.6) is 0 Å². The van der Waals surface area contributed by atoms with E-state index < -0.39 is 5.97 Å². The number of piperidine rings is 1. The number of urea groups is 1. The van der Waals surface area contributed by atoms with E-state index in [9.17, 15) is 14.4 Å². The molecule has 3 amide bonds.